The van der Waals surface area contributed by atoms with Gasteiger partial charge in [-0.05, 0) is 59.1 Å². The summed E-state index contributed by atoms with van der Waals surface area (Å²) in [5.74, 6) is -0.526. The molecule has 0 aliphatic carbocycles. The maximum atomic E-state index is 12.4. The van der Waals surface area contributed by atoms with Crippen LogP contribution in [0.5, 0.6) is 0 Å². The van der Waals surface area contributed by atoms with Crippen LogP contribution in [-0.4, -0.2) is 46.5 Å². The van der Waals surface area contributed by atoms with E-state index in [1.54, 1.807) is 11.0 Å². The number of thioether (sulfide) groups is 1. The van der Waals surface area contributed by atoms with Gasteiger partial charge in [-0.2, -0.15) is 0 Å². The Kier molecular flexibility index (Phi) is 5.23. The Bertz CT molecular complexity index is 680. The average molecular weight is 415 g/mol. The number of amides is 3. The number of thiophene rings is 1. The minimum atomic E-state index is -0.380. The van der Waals surface area contributed by atoms with E-state index in [2.05, 4.69) is 15.9 Å². The molecule has 2 saturated heterocycles. The molecule has 2 aliphatic rings. The van der Waals surface area contributed by atoms with E-state index in [1.807, 2.05) is 11.4 Å². The summed E-state index contributed by atoms with van der Waals surface area (Å²) in [6.07, 6.45) is 4.80. The highest BCUT2D eigenvalue weighted by molar-refractivity contribution is 9.10. The third-order valence-electron chi connectivity index (χ3n) is 3.74. The second-order valence-corrected chi connectivity index (χ2v) is 8.23. The Morgan fingerprint density at radius 1 is 1.26 bits per heavy atom. The van der Waals surface area contributed by atoms with Crippen molar-refractivity contribution in [1.82, 2.24) is 9.80 Å². The molecule has 0 radical (unpaired) electrons. The minimum absolute atomic E-state index is 0.146. The number of imide groups is 1. The highest BCUT2D eigenvalue weighted by Crippen LogP contribution is 2.33. The van der Waals surface area contributed by atoms with Gasteiger partial charge >= 0.3 is 0 Å². The third kappa shape index (κ3) is 3.87. The van der Waals surface area contributed by atoms with Gasteiger partial charge in [0.2, 0.25) is 5.91 Å². The van der Waals surface area contributed by atoms with Gasteiger partial charge in [-0.1, -0.05) is 0 Å². The number of likely N-dealkylation sites (tertiary alicyclic amines) is 1. The molecule has 0 unspecified atom stereocenters. The average Bonchev–Trinajstić information content (AvgIpc) is 3.07. The van der Waals surface area contributed by atoms with Crippen molar-refractivity contribution in [3.05, 3.63) is 25.7 Å². The fourth-order valence-electron chi connectivity index (χ4n) is 2.55. The predicted molar refractivity (Wildman–Crippen MR) is 95.1 cm³/mol. The largest absolute Gasteiger partial charge is 0.341 e. The van der Waals surface area contributed by atoms with E-state index in [4.69, 9.17) is 0 Å². The standard InChI is InChI=1S/C15H15BrN2O3S2/c16-10-6-11(22-9-10)7-12-14(20)18(15(21)23-12)8-13(19)17-4-2-1-3-5-17/h6-7,9H,1-5,8H2/b12-7-. The topological polar surface area (TPSA) is 57.7 Å². The molecule has 3 amide bonds. The van der Waals surface area contributed by atoms with Gasteiger partial charge in [0.25, 0.3) is 11.1 Å². The second kappa shape index (κ2) is 7.19. The van der Waals surface area contributed by atoms with E-state index >= 15 is 0 Å². The van der Waals surface area contributed by atoms with Crippen molar-refractivity contribution in [2.24, 2.45) is 0 Å². The number of carbonyl (C=O) groups is 3. The van der Waals surface area contributed by atoms with Crippen LogP contribution in [-0.2, 0) is 9.59 Å². The number of halogens is 1. The maximum absolute atomic E-state index is 12.4. The highest BCUT2D eigenvalue weighted by Gasteiger charge is 2.37. The van der Waals surface area contributed by atoms with Crippen molar-refractivity contribution in [1.29, 1.82) is 0 Å². The number of rotatable bonds is 3. The van der Waals surface area contributed by atoms with Crippen LogP contribution in [0.3, 0.4) is 0 Å². The van der Waals surface area contributed by atoms with Crippen molar-refractivity contribution >= 4 is 62.2 Å². The molecule has 1 aromatic rings. The normalized spacial score (nSPS) is 20.7. The number of carbonyl (C=O) groups excluding carboxylic acids is 3. The van der Waals surface area contributed by atoms with Gasteiger partial charge in [-0.25, -0.2) is 0 Å². The smallest absolute Gasteiger partial charge is 0.294 e. The van der Waals surface area contributed by atoms with Gasteiger partial charge in [0.1, 0.15) is 6.54 Å². The number of hydrogen-bond acceptors (Lipinski definition) is 5. The lowest BCUT2D eigenvalue weighted by molar-refractivity contribution is -0.136. The highest BCUT2D eigenvalue weighted by atomic mass is 79.9. The molecule has 0 aromatic carbocycles. The minimum Gasteiger partial charge on any atom is -0.341 e. The lowest BCUT2D eigenvalue weighted by Gasteiger charge is -2.27. The van der Waals surface area contributed by atoms with E-state index in [9.17, 15) is 14.4 Å². The maximum Gasteiger partial charge on any atom is 0.294 e. The van der Waals surface area contributed by atoms with E-state index in [0.29, 0.717) is 18.0 Å². The molecule has 5 nitrogen and oxygen atoms in total. The zero-order chi connectivity index (χ0) is 16.4. The zero-order valence-electron chi connectivity index (χ0n) is 12.3. The monoisotopic (exact) mass is 414 g/mol. The Hall–Kier alpha value is -1.12. The molecule has 1 aromatic heterocycles. The molecule has 8 heteroatoms. The summed E-state index contributed by atoms with van der Waals surface area (Å²) in [4.78, 5) is 40.8. The fourth-order valence-corrected chi connectivity index (χ4v) is 4.83. The molecule has 3 rings (SSSR count). The number of hydrogen-bond donors (Lipinski definition) is 0. The van der Waals surface area contributed by atoms with E-state index in [1.165, 1.54) is 11.3 Å². The Balaban J connectivity index is 1.68. The molecule has 0 N–H and O–H groups in total. The van der Waals surface area contributed by atoms with Gasteiger partial charge in [0.05, 0.1) is 4.91 Å². The van der Waals surface area contributed by atoms with E-state index < -0.39 is 0 Å². The SMILES string of the molecule is O=C(CN1C(=O)S/C(=C\c2cc(Br)cs2)C1=O)N1CCCCC1. The predicted octanol–water partition coefficient (Wildman–Crippen LogP) is 3.56. The summed E-state index contributed by atoms with van der Waals surface area (Å²) in [5.41, 5.74) is 0. The second-order valence-electron chi connectivity index (χ2n) is 5.38. The quantitative estimate of drug-likeness (QED) is 0.709. The molecular weight excluding hydrogens is 400 g/mol. The van der Waals surface area contributed by atoms with Crippen LogP contribution in [0, 0.1) is 0 Å². The molecule has 23 heavy (non-hydrogen) atoms. The van der Waals surface area contributed by atoms with E-state index in [0.717, 1.165) is 45.3 Å². The molecule has 3 heterocycles. The first-order chi connectivity index (χ1) is 11.0. The van der Waals surface area contributed by atoms with Crippen molar-refractivity contribution in [2.45, 2.75) is 19.3 Å². The third-order valence-corrected chi connectivity index (χ3v) is 6.28. The Labute approximate surface area is 150 Å². The van der Waals surface area contributed by atoms with Gasteiger partial charge in [-0.15, -0.1) is 11.3 Å². The van der Waals surface area contributed by atoms with Crippen LogP contribution in [0.4, 0.5) is 4.79 Å². The molecular formula is C15H15BrN2O3S2. The number of piperidine rings is 1. The summed E-state index contributed by atoms with van der Waals surface area (Å²) >= 11 is 5.74. The summed E-state index contributed by atoms with van der Waals surface area (Å²) in [5, 5.41) is 1.54. The van der Waals surface area contributed by atoms with E-state index in [-0.39, 0.29) is 23.6 Å². The summed E-state index contributed by atoms with van der Waals surface area (Å²) in [6.45, 7) is 1.28. The molecule has 0 atom stereocenters. The van der Waals surface area contributed by atoms with Crippen LogP contribution < -0.4 is 0 Å². The van der Waals surface area contributed by atoms with Gasteiger partial charge in [-0.3, -0.25) is 19.3 Å². The summed E-state index contributed by atoms with van der Waals surface area (Å²) < 4.78 is 0.938. The zero-order valence-corrected chi connectivity index (χ0v) is 15.5. The van der Waals surface area contributed by atoms with Crippen molar-refractivity contribution in [3.8, 4) is 0 Å². The summed E-state index contributed by atoms with van der Waals surface area (Å²) in [6, 6.07) is 1.89. The molecule has 2 aliphatic heterocycles. The fraction of sp³-hybridized carbons (Fsp3) is 0.400. The van der Waals surface area contributed by atoms with Crippen molar-refractivity contribution < 1.29 is 14.4 Å². The van der Waals surface area contributed by atoms with Crippen LogP contribution in [0.25, 0.3) is 6.08 Å². The van der Waals surface area contributed by atoms with Gasteiger partial charge in [0.15, 0.2) is 0 Å². The lowest BCUT2D eigenvalue weighted by Crippen LogP contribution is -2.44. The van der Waals surface area contributed by atoms with Crippen LogP contribution >= 0.6 is 39.0 Å². The molecule has 0 saturated carbocycles. The van der Waals surface area contributed by atoms with Gasteiger partial charge in [0, 0.05) is 27.8 Å². The molecule has 2 fully saturated rings. The van der Waals surface area contributed by atoms with Crippen molar-refractivity contribution in [3.63, 3.8) is 0 Å². The first-order valence-electron chi connectivity index (χ1n) is 7.32. The first-order valence-corrected chi connectivity index (χ1v) is 9.81. The Morgan fingerprint density at radius 3 is 2.65 bits per heavy atom. The summed E-state index contributed by atoms with van der Waals surface area (Å²) in [7, 11) is 0. The van der Waals surface area contributed by atoms with Crippen LogP contribution in [0.2, 0.25) is 0 Å². The molecule has 122 valence electrons. The van der Waals surface area contributed by atoms with Gasteiger partial charge < -0.3 is 4.90 Å². The van der Waals surface area contributed by atoms with Crippen molar-refractivity contribution in [2.75, 3.05) is 19.6 Å². The lowest BCUT2D eigenvalue weighted by atomic mass is 10.1. The molecule has 0 bridgehead atoms. The van der Waals surface area contributed by atoms with Crippen LogP contribution in [0.1, 0.15) is 24.1 Å². The Morgan fingerprint density at radius 2 is 2.00 bits per heavy atom. The molecule has 0 spiro atoms. The van der Waals surface area contributed by atoms with Crippen LogP contribution in [0.15, 0.2) is 20.8 Å². The number of nitrogens with zero attached hydrogens (tertiary/aromatic N) is 2. The first kappa shape index (κ1) is 16.7.